The molecule has 0 N–H and O–H groups in total. The van der Waals surface area contributed by atoms with E-state index in [9.17, 15) is 14.0 Å². The minimum Gasteiger partial charge on any atom is -0.496 e. The summed E-state index contributed by atoms with van der Waals surface area (Å²) in [5, 5.41) is -0.271. The molecule has 1 rings (SSSR count). The number of aldehydes is 1. The van der Waals surface area contributed by atoms with Gasteiger partial charge in [-0.3, -0.25) is 4.90 Å². The Kier molecular flexibility index (Phi) is 5.77. The summed E-state index contributed by atoms with van der Waals surface area (Å²) in [7, 11) is 2.73. The lowest BCUT2D eigenvalue weighted by atomic mass is 10.1. The Morgan fingerprint density at radius 3 is 2.45 bits per heavy atom. The number of nitrogens with zero attached hydrogens (tertiary/aromatic N) is 1. The molecule has 0 radical (unpaired) electrons. The molecule has 0 aromatic heterocycles. The SMILES string of the molecule is COc1ccc(F)c(Cl)c1C(C=O)N(C)C(=O)OC(C)(C)C. The summed E-state index contributed by atoms with van der Waals surface area (Å²) in [5.74, 6) is -0.499. The number of ether oxygens (including phenoxy) is 2. The fourth-order valence-electron chi connectivity index (χ4n) is 1.80. The average Bonchev–Trinajstić information content (AvgIpc) is 2.42. The molecular weight excluding hydrogens is 313 g/mol. The molecule has 5 nitrogen and oxygen atoms in total. The second-order valence-corrected chi connectivity index (χ2v) is 6.03. The van der Waals surface area contributed by atoms with Crippen molar-refractivity contribution in [2.75, 3.05) is 14.2 Å². The molecule has 0 saturated heterocycles. The monoisotopic (exact) mass is 331 g/mol. The Balaban J connectivity index is 3.24. The van der Waals surface area contributed by atoms with Crippen LogP contribution in [0.2, 0.25) is 5.02 Å². The van der Waals surface area contributed by atoms with E-state index in [0.29, 0.717) is 6.29 Å². The molecule has 0 fully saturated rings. The Morgan fingerprint density at radius 1 is 1.41 bits per heavy atom. The Labute approximate surface area is 133 Å². The number of benzene rings is 1. The number of hydrogen-bond donors (Lipinski definition) is 0. The lowest BCUT2D eigenvalue weighted by Crippen LogP contribution is -2.37. The van der Waals surface area contributed by atoms with Gasteiger partial charge in [-0.1, -0.05) is 11.6 Å². The van der Waals surface area contributed by atoms with Crippen molar-refractivity contribution in [2.45, 2.75) is 32.4 Å². The summed E-state index contributed by atoms with van der Waals surface area (Å²) >= 11 is 5.94. The van der Waals surface area contributed by atoms with Gasteiger partial charge in [-0.05, 0) is 32.9 Å². The van der Waals surface area contributed by atoms with E-state index in [0.717, 1.165) is 11.0 Å². The van der Waals surface area contributed by atoms with E-state index in [1.54, 1.807) is 20.8 Å². The molecule has 0 aliphatic carbocycles. The maximum Gasteiger partial charge on any atom is 0.410 e. The average molecular weight is 332 g/mol. The van der Waals surface area contributed by atoms with Crippen molar-refractivity contribution in [1.82, 2.24) is 4.90 Å². The van der Waals surface area contributed by atoms with Gasteiger partial charge in [0.05, 0.1) is 12.1 Å². The van der Waals surface area contributed by atoms with Crippen molar-refractivity contribution in [3.8, 4) is 5.75 Å². The van der Waals surface area contributed by atoms with Crippen LogP contribution in [0.1, 0.15) is 32.4 Å². The molecule has 7 heteroatoms. The molecule has 1 unspecified atom stereocenters. The van der Waals surface area contributed by atoms with Crippen molar-refractivity contribution in [3.63, 3.8) is 0 Å². The number of hydrogen-bond acceptors (Lipinski definition) is 4. The number of carbonyl (C=O) groups excluding carboxylic acids is 2. The fraction of sp³-hybridized carbons (Fsp3) is 0.467. The predicted octanol–water partition coefficient (Wildman–Crippen LogP) is 3.59. The first-order valence-corrected chi connectivity index (χ1v) is 6.93. The van der Waals surface area contributed by atoms with E-state index in [1.807, 2.05) is 0 Å². The van der Waals surface area contributed by atoms with E-state index in [1.165, 1.54) is 20.2 Å². The topological polar surface area (TPSA) is 55.8 Å². The number of rotatable bonds is 4. The highest BCUT2D eigenvalue weighted by Crippen LogP contribution is 2.36. The summed E-state index contributed by atoms with van der Waals surface area (Å²) in [5.41, 5.74) is -0.651. The Bertz CT molecular complexity index is 571. The molecule has 0 aliphatic rings. The standard InChI is InChI=1S/C15H19ClFNO4/c1-15(2,3)22-14(20)18(4)10(8-19)12-11(21-5)7-6-9(17)13(12)16/h6-8,10H,1-5H3. The van der Waals surface area contributed by atoms with Crippen molar-refractivity contribution < 1.29 is 23.5 Å². The number of carbonyl (C=O) groups is 2. The largest absolute Gasteiger partial charge is 0.496 e. The third-order valence-corrected chi connectivity index (χ3v) is 3.22. The van der Waals surface area contributed by atoms with E-state index >= 15 is 0 Å². The first kappa shape index (κ1) is 18.2. The van der Waals surface area contributed by atoms with E-state index in [4.69, 9.17) is 21.1 Å². The lowest BCUT2D eigenvalue weighted by Gasteiger charge is -2.29. The number of halogens is 2. The molecule has 0 saturated carbocycles. The summed E-state index contributed by atoms with van der Waals surface area (Å²) in [6.45, 7) is 5.10. The van der Waals surface area contributed by atoms with Crippen LogP contribution in [0.25, 0.3) is 0 Å². The van der Waals surface area contributed by atoms with Crippen molar-refractivity contribution in [2.24, 2.45) is 0 Å². The van der Waals surface area contributed by atoms with Gasteiger partial charge in [0.1, 0.15) is 29.5 Å². The maximum atomic E-state index is 13.7. The summed E-state index contributed by atoms with van der Waals surface area (Å²) < 4.78 is 24.0. The first-order chi connectivity index (χ1) is 10.1. The summed E-state index contributed by atoms with van der Waals surface area (Å²) in [6, 6.07) is 1.34. The highest BCUT2D eigenvalue weighted by Gasteiger charge is 2.30. The minimum atomic E-state index is -1.13. The number of methoxy groups -OCH3 is 1. The molecule has 0 bridgehead atoms. The third kappa shape index (κ3) is 4.10. The third-order valence-electron chi connectivity index (χ3n) is 2.84. The summed E-state index contributed by atoms with van der Waals surface area (Å²) in [4.78, 5) is 24.6. The van der Waals surface area contributed by atoms with Crippen LogP contribution in [0.5, 0.6) is 5.75 Å². The van der Waals surface area contributed by atoms with Gasteiger partial charge >= 0.3 is 6.09 Å². The smallest absolute Gasteiger partial charge is 0.410 e. The van der Waals surface area contributed by atoms with Crippen LogP contribution in [-0.2, 0) is 9.53 Å². The van der Waals surface area contributed by atoms with Gasteiger partial charge in [-0.2, -0.15) is 0 Å². The zero-order chi connectivity index (χ0) is 17.1. The molecule has 1 atom stereocenters. The van der Waals surface area contributed by atoms with Crippen LogP contribution in [0.15, 0.2) is 12.1 Å². The van der Waals surface area contributed by atoms with Gasteiger partial charge < -0.3 is 14.3 Å². The molecule has 0 spiro atoms. The quantitative estimate of drug-likeness (QED) is 0.791. The van der Waals surface area contributed by atoms with Crippen LogP contribution in [0.4, 0.5) is 9.18 Å². The fourth-order valence-corrected chi connectivity index (χ4v) is 2.07. The molecule has 22 heavy (non-hydrogen) atoms. The molecule has 0 heterocycles. The molecule has 1 amide bonds. The first-order valence-electron chi connectivity index (χ1n) is 6.55. The van der Waals surface area contributed by atoms with E-state index < -0.39 is 23.6 Å². The number of amides is 1. The summed E-state index contributed by atoms with van der Waals surface area (Å²) in [6.07, 6.45) is -0.250. The van der Waals surface area contributed by atoms with Crippen molar-refractivity contribution in [3.05, 3.63) is 28.5 Å². The molecule has 1 aromatic carbocycles. The van der Waals surface area contributed by atoms with Gasteiger partial charge in [0.15, 0.2) is 0 Å². The molecule has 1 aromatic rings. The van der Waals surface area contributed by atoms with Gasteiger partial charge in [0.2, 0.25) is 0 Å². The second kappa shape index (κ2) is 6.96. The van der Waals surface area contributed by atoms with Crippen LogP contribution in [0.3, 0.4) is 0 Å². The second-order valence-electron chi connectivity index (χ2n) is 5.65. The van der Waals surface area contributed by atoms with Crippen LogP contribution in [0, 0.1) is 5.82 Å². The zero-order valence-electron chi connectivity index (χ0n) is 13.1. The van der Waals surface area contributed by atoms with Gasteiger partial charge in [-0.25, -0.2) is 9.18 Å². The van der Waals surface area contributed by atoms with Crippen LogP contribution >= 0.6 is 11.6 Å². The molecular formula is C15H19ClFNO4. The predicted molar refractivity (Wildman–Crippen MR) is 80.8 cm³/mol. The van der Waals surface area contributed by atoms with Gasteiger partial charge in [-0.15, -0.1) is 0 Å². The highest BCUT2D eigenvalue weighted by atomic mass is 35.5. The minimum absolute atomic E-state index is 0.0764. The normalized spacial score (nSPS) is 12.5. The maximum absolute atomic E-state index is 13.7. The highest BCUT2D eigenvalue weighted by molar-refractivity contribution is 6.32. The van der Waals surface area contributed by atoms with Crippen molar-refractivity contribution in [1.29, 1.82) is 0 Å². The van der Waals surface area contributed by atoms with E-state index in [-0.39, 0.29) is 16.3 Å². The number of likely N-dealkylation sites (N-methyl/N-ethyl adjacent to an activating group) is 1. The zero-order valence-corrected chi connectivity index (χ0v) is 13.9. The van der Waals surface area contributed by atoms with Gasteiger partial charge in [0, 0.05) is 12.6 Å². The van der Waals surface area contributed by atoms with Crippen molar-refractivity contribution >= 4 is 24.0 Å². The Hall–Kier alpha value is -1.82. The van der Waals surface area contributed by atoms with E-state index in [2.05, 4.69) is 0 Å². The van der Waals surface area contributed by atoms with Gasteiger partial charge in [0.25, 0.3) is 0 Å². The Morgan fingerprint density at radius 2 is 2.00 bits per heavy atom. The molecule has 0 aliphatic heterocycles. The van der Waals surface area contributed by atoms with Crippen LogP contribution in [-0.4, -0.2) is 37.0 Å². The van der Waals surface area contributed by atoms with Crippen LogP contribution < -0.4 is 4.74 Å². The lowest BCUT2D eigenvalue weighted by molar-refractivity contribution is -0.112. The molecule has 122 valence electrons.